The number of ether oxygens (including phenoxy) is 2. The van der Waals surface area contributed by atoms with Gasteiger partial charge in [0.2, 0.25) is 0 Å². The molecule has 0 aliphatic rings. The van der Waals surface area contributed by atoms with E-state index in [4.69, 9.17) is 9.47 Å². The molecule has 0 bridgehead atoms. The van der Waals surface area contributed by atoms with Crippen LogP contribution in [-0.2, 0) is 0 Å². The van der Waals surface area contributed by atoms with Gasteiger partial charge in [-0.1, -0.05) is 19.9 Å². The number of pyridine rings is 1. The molecule has 3 aromatic rings. The molecule has 0 aliphatic carbocycles. The molecule has 2 heterocycles. The Morgan fingerprint density at radius 1 is 1.04 bits per heavy atom. The van der Waals surface area contributed by atoms with Crippen molar-refractivity contribution < 1.29 is 9.47 Å². The molecule has 0 fully saturated rings. The van der Waals surface area contributed by atoms with Crippen LogP contribution in [0.2, 0.25) is 0 Å². The maximum absolute atomic E-state index is 5.37. The lowest BCUT2D eigenvalue weighted by atomic mass is 10.1. The van der Waals surface area contributed by atoms with Crippen molar-refractivity contribution >= 4 is 17.2 Å². The van der Waals surface area contributed by atoms with Crippen molar-refractivity contribution in [1.82, 2.24) is 9.38 Å². The molecule has 3 rings (SSSR count). The minimum absolute atomic E-state index is 0.247. The largest absolute Gasteiger partial charge is 0.497 e. The number of rotatable bonds is 5. The molecular formula is C18H20N4O2. The standard InChI is InChI=1S/C18H20N4O2/c1-12(2)17-18(22-10-6-5-7-16(22)19-17)21-20-14-9-8-13(23-3)11-15(14)24-4/h5-12H,1-4H3. The molecule has 6 heteroatoms. The van der Waals surface area contributed by atoms with E-state index in [1.165, 1.54) is 0 Å². The Bertz CT molecular complexity index is 884. The predicted octanol–water partition coefficient (Wildman–Crippen LogP) is 4.89. The number of hydrogen-bond acceptors (Lipinski definition) is 5. The number of imidazole rings is 1. The van der Waals surface area contributed by atoms with Gasteiger partial charge in [-0.2, -0.15) is 0 Å². The summed E-state index contributed by atoms with van der Waals surface area (Å²) >= 11 is 0. The van der Waals surface area contributed by atoms with Crippen LogP contribution in [0.1, 0.15) is 25.5 Å². The monoisotopic (exact) mass is 324 g/mol. The highest BCUT2D eigenvalue weighted by atomic mass is 16.5. The second kappa shape index (κ2) is 6.70. The van der Waals surface area contributed by atoms with Crippen molar-refractivity contribution in [2.75, 3.05) is 14.2 Å². The zero-order valence-corrected chi connectivity index (χ0v) is 14.2. The molecule has 0 radical (unpaired) electrons. The molecule has 0 aliphatic heterocycles. The number of hydrogen-bond donors (Lipinski definition) is 0. The molecule has 6 nitrogen and oxygen atoms in total. The molecule has 0 spiro atoms. The Kier molecular flexibility index (Phi) is 4.46. The molecule has 0 N–H and O–H groups in total. The van der Waals surface area contributed by atoms with Crippen LogP contribution in [0, 0.1) is 0 Å². The SMILES string of the molecule is COc1ccc(N=Nc2c(C(C)C)nc3ccccn23)c(OC)c1. The number of nitrogens with zero attached hydrogens (tertiary/aromatic N) is 4. The number of benzene rings is 1. The molecule has 0 atom stereocenters. The Labute approximate surface area is 140 Å². The summed E-state index contributed by atoms with van der Waals surface area (Å²) < 4.78 is 12.5. The highest BCUT2D eigenvalue weighted by Crippen LogP contribution is 2.34. The summed E-state index contributed by atoms with van der Waals surface area (Å²) in [6.45, 7) is 4.18. The number of azo groups is 1. The van der Waals surface area contributed by atoms with E-state index in [1.807, 2.05) is 40.9 Å². The molecular weight excluding hydrogens is 304 g/mol. The fraction of sp³-hybridized carbons (Fsp3) is 0.278. The first-order chi connectivity index (χ1) is 11.6. The first-order valence-corrected chi connectivity index (χ1v) is 7.74. The van der Waals surface area contributed by atoms with E-state index >= 15 is 0 Å². The summed E-state index contributed by atoms with van der Waals surface area (Å²) in [5.41, 5.74) is 2.41. The van der Waals surface area contributed by atoms with Crippen LogP contribution in [0.5, 0.6) is 11.5 Å². The van der Waals surface area contributed by atoms with E-state index < -0.39 is 0 Å². The van der Waals surface area contributed by atoms with Crippen molar-refractivity contribution in [2.45, 2.75) is 19.8 Å². The number of aromatic nitrogens is 2. The summed E-state index contributed by atoms with van der Waals surface area (Å²) in [5.74, 6) is 2.30. The van der Waals surface area contributed by atoms with Crippen molar-refractivity contribution in [3.63, 3.8) is 0 Å². The van der Waals surface area contributed by atoms with Gasteiger partial charge >= 0.3 is 0 Å². The van der Waals surface area contributed by atoms with Crippen LogP contribution >= 0.6 is 0 Å². The fourth-order valence-corrected chi connectivity index (χ4v) is 2.46. The molecule has 0 amide bonds. The van der Waals surface area contributed by atoms with Gasteiger partial charge in [0.15, 0.2) is 5.82 Å². The molecule has 124 valence electrons. The lowest BCUT2D eigenvalue weighted by Crippen LogP contribution is -1.88. The van der Waals surface area contributed by atoms with E-state index in [9.17, 15) is 0 Å². The van der Waals surface area contributed by atoms with Crippen LogP contribution in [0.4, 0.5) is 11.5 Å². The highest BCUT2D eigenvalue weighted by Gasteiger charge is 2.15. The van der Waals surface area contributed by atoms with Gasteiger partial charge in [0.05, 0.1) is 19.9 Å². The molecule has 1 aromatic carbocycles. The highest BCUT2D eigenvalue weighted by molar-refractivity contribution is 5.56. The lowest BCUT2D eigenvalue weighted by molar-refractivity contribution is 0.395. The smallest absolute Gasteiger partial charge is 0.183 e. The summed E-state index contributed by atoms with van der Waals surface area (Å²) in [6.07, 6.45) is 1.94. The zero-order chi connectivity index (χ0) is 17.1. The van der Waals surface area contributed by atoms with Gasteiger partial charge in [-0.05, 0) is 30.2 Å². The minimum atomic E-state index is 0.247. The second-order valence-electron chi connectivity index (χ2n) is 5.64. The molecule has 2 aromatic heterocycles. The Balaban J connectivity index is 2.06. The van der Waals surface area contributed by atoms with Gasteiger partial charge in [0, 0.05) is 12.3 Å². The minimum Gasteiger partial charge on any atom is -0.497 e. The normalized spacial score (nSPS) is 11.5. The third kappa shape index (κ3) is 2.95. The zero-order valence-electron chi connectivity index (χ0n) is 14.2. The maximum atomic E-state index is 5.37. The number of methoxy groups -OCH3 is 2. The van der Waals surface area contributed by atoms with Gasteiger partial charge < -0.3 is 9.47 Å². The van der Waals surface area contributed by atoms with E-state index in [-0.39, 0.29) is 5.92 Å². The Morgan fingerprint density at radius 3 is 2.58 bits per heavy atom. The Hall–Kier alpha value is -2.89. The molecule has 0 saturated heterocycles. The first-order valence-electron chi connectivity index (χ1n) is 7.74. The van der Waals surface area contributed by atoms with Crippen LogP contribution in [0.3, 0.4) is 0 Å². The molecule has 24 heavy (non-hydrogen) atoms. The van der Waals surface area contributed by atoms with Gasteiger partial charge in [-0.25, -0.2) is 4.98 Å². The fourth-order valence-electron chi connectivity index (χ4n) is 2.46. The summed E-state index contributed by atoms with van der Waals surface area (Å²) in [7, 11) is 3.21. The van der Waals surface area contributed by atoms with Crippen molar-refractivity contribution in [3.05, 3.63) is 48.3 Å². The van der Waals surface area contributed by atoms with Gasteiger partial charge in [0.25, 0.3) is 0 Å². The summed E-state index contributed by atoms with van der Waals surface area (Å²) in [5, 5.41) is 8.83. The second-order valence-corrected chi connectivity index (χ2v) is 5.64. The summed E-state index contributed by atoms with van der Waals surface area (Å²) in [6, 6.07) is 11.3. The lowest BCUT2D eigenvalue weighted by Gasteiger charge is -2.06. The third-order valence-electron chi connectivity index (χ3n) is 3.72. The average Bonchev–Trinajstić information content (AvgIpc) is 2.98. The van der Waals surface area contributed by atoms with Crippen LogP contribution in [0.25, 0.3) is 5.65 Å². The van der Waals surface area contributed by atoms with Crippen LogP contribution in [0.15, 0.2) is 52.8 Å². The van der Waals surface area contributed by atoms with Gasteiger partial charge in [-0.3, -0.25) is 4.40 Å². The maximum Gasteiger partial charge on any atom is 0.183 e. The number of fused-ring (bicyclic) bond motifs is 1. The van der Waals surface area contributed by atoms with Crippen molar-refractivity contribution in [3.8, 4) is 11.5 Å². The van der Waals surface area contributed by atoms with E-state index in [0.29, 0.717) is 17.2 Å². The van der Waals surface area contributed by atoms with E-state index in [1.54, 1.807) is 20.3 Å². The first kappa shape index (κ1) is 16.0. The summed E-state index contributed by atoms with van der Waals surface area (Å²) in [4.78, 5) is 4.65. The van der Waals surface area contributed by atoms with Gasteiger partial charge in [-0.15, -0.1) is 10.2 Å². The van der Waals surface area contributed by atoms with Crippen LogP contribution in [-0.4, -0.2) is 23.6 Å². The predicted molar refractivity (Wildman–Crippen MR) is 93.0 cm³/mol. The molecule has 0 saturated carbocycles. The van der Waals surface area contributed by atoms with E-state index in [2.05, 4.69) is 29.1 Å². The third-order valence-corrected chi connectivity index (χ3v) is 3.72. The topological polar surface area (TPSA) is 60.5 Å². The van der Waals surface area contributed by atoms with Crippen molar-refractivity contribution in [1.29, 1.82) is 0 Å². The molecule has 0 unspecified atom stereocenters. The van der Waals surface area contributed by atoms with Crippen molar-refractivity contribution in [2.24, 2.45) is 10.2 Å². The van der Waals surface area contributed by atoms with Crippen LogP contribution < -0.4 is 9.47 Å². The quantitative estimate of drug-likeness (QED) is 0.628. The van der Waals surface area contributed by atoms with Gasteiger partial charge in [0.1, 0.15) is 22.8 Å². The van der Waals surface area contributed by atoms with E-state index in [0.717, 1.165) is 17.2 Å². The average molecular weight is 324 g/mol. The Morgan fingerprint density at radius 2 is 1.88 bits per heavy atom.